The Bertz CT molecular complexity index is 410. The Morgan fingerprint density at radius 1 is 1.38 bits per heavy atom. The maximum atomic E-state index is 13.3. The van der Waals surface area contributed by atoms with Crippen LogP contribution in [0.1, 0.15) is 26.3 Å². The number of carbonyl (C=O) groups excluding carboxylic acids is 1. The van der Waals surface area contributed by atoms with Gasteiger partial charge in [-0.05, 0) is 32.9 Å². The second-order valence-corrected chi connectivity index (χ2v) is 3.98. The summed E-state index contributed by atoms with van der Waals surface area (Å²) >= 11 is 0. The van der Waals surface area contributed by atoms with E-state index in [1.165, 1.54) is 6.07 Å². The molecule has 1 aromatic carbocycles. The van der Waals surface area contributed by atoms with Crippen LogP contribution in [0.15, 0.2) is 29.8 Å². The minimum atomic E-state index is -0.320. The molecule has 16 heavy (non-hydrogen) atoms. The summed E-state index contributed by atoms with van der Waals surface area (Å²) in [5, 5.41) is 2.75. The van der Waals surface area contributed by atoms with E-state index in [-0.39, 0.29) is 17.8 Å². The maximum absolute atomic E-state index is 13.3. The lowest BCUT2D eigenvalue weighted by Gasteiger charge is -2.08. The van der Waals surface area contributed by atoms with Crippen LogP contribution < -0.4 is 5.32 Å². The summed E-state index contributed by atoms with van der Waals surface area (Å²) in [5.74, 6) is -0.488. The van der Waals surface area contributed by atoms with Crippen molar-refractivity contribution in [1.29, 1.82) is 0 Å². The highest BCUT2D eigenvalue weighted by molar-refractivity contribution is 5.97. The van der Waals surface area contributed by atoms with Crippen LogP contribution >= 0.6 is 0 Å². The lowest BCUT2D eigenvalue weighted by molar-refractivity contribution is -0.117. The molecule has 86 valence electrons. The molecule has 3 heteroatoms. The van der Waals surface area contributed by atoms with Crippen LogP contribution in [0, 0.1) is 5.82 Å². The van der Waals surface area contributed by atoms with Crippen LogP contribution in [0.4, 0.5) is 4.39 Å². The van der Waals surface area contributed by atoms with Crippen molar-refractivity contribution in [3.63, 3.8) is 0 Å². The van der Waals surface area contributed by atoms with Gasteiger partial charge in [-0.1, -0.05) is 18.2 Å². The van der Waals surface area contributed by atoms with E-state index >= 15 is 0 Å². The van der Waals surface area contributed by atoms with Gasteiger partial charge in [-0.25, -0.2) is 4.39 Å². The van der Waals surface area contributed by atoms with Crippen molar-refractivity contribution in [3.05, 3.63) is 41.2 Å². The predicted octanol–water partition coefficient (Wildman–Crippen LogP) is 2.75. The van der Waals surface area contributed by atoms with Gasteiger partial charge in [0.05, 0.1) is 0 Å². The minimum absolute atomic E-state index is 0.0801. The molecule has 0 unspecified atom stereocenters. The monoisotopic (exact) mass is 221 g/mol. The molecule has 0 atom stereocenters. The number of amides is 1. The molecule has 0 saturated heterocycles. The third kappa shape index (κ3) is 3.50. The Balaban J connectivity index is 2.85. The number of rotatable bonds is 3. The quantitative estimate of drug-likeness (QED) is 0.781. The van der Waals surface area contributed by atoms with Crippen LogP contribution in [0.5, 0.6) is 0 Å². The summed E-state index contributed by atoms with van der Waals surface area (Å²) in [6.45, 7) is 5.44. The van der Waals surface area contributed by atoms with E-state index in [0.29, 0.717) is 11.1 Å². The lowest BCUT2D eigenvalue weighted by atomic mass is 10.1. The number of carbonyl (C=O) groups is 1. The van der Waals surface area contributed by atoms with Gasteiger partial charge in [0.1, 0.15) is 5.82 Å². The number of nitrogens with one attached hydrogen (secondary N) is 1. The van der Waals surface area contributed by atoms with Crippen molar-refractivity contribution in [2.45, 2.75) is 26.8 Å². The van der Waals surface area contributed by atoms with E-state index in [9.17, 15) is 9.18 Å². The molecule has 0 heterocycles. The van der Waals surface area contributed by atoms with Crippen molar-refractivity contribution in [2.24, 2.45) is 0 Å². The zero-order valence-electron chi connectivity index (χ0n) is 9.75. The molecule has 0 aromatic heterocycles. The van der Waals surface area contributed by atoms with Gasteiger partial charge in [-0.15, -0.1) is 0 Å². The maximum Gasteiger partial charge on any atom is 0.247 e. The van der Waals surface area contributed by atoms with Gasteiger partial charge in [0, 0.05) is 17.2 Å². The molecule has 0 fully saturated rings. The van der Waals surface area contributed by atoms with Gasteiger partial charge in [0.25, 0.3) is 0 Å². The minimum Gasteiger partial charge on any atom is -0.350 e. The van der Waals surface area contributed by atoms with Gasteiger partial charge < -0.3 is 5.32 Å². The SMILES string of the molecule is C/C(=C\c1ccccc1F)C(=O)NC(C)C. The van der Waals surface area contributed by atoms with Crippen molar-refractivity contribution in [1.82, 2.24) is 5.32 Å². The lowest BCUT2D eigenvalue weighted by Crippen LogP contribution is -2.30. The molecular weight excluding hydrogens is 205 g/mol. The standard InChI is InChI=1S/C13H16FNO/c1-9(2)15-13(16)10(3)8-11-6-4-5-7-12(11)14/h4-9H,1-3H3,(H,15,16)/b10-8+. The zero-order chi connectivity index (χ0) is 12.1. The first-order valence-electron chi connectivity index (χ1n) is 5.24. The fraction of sp³-hybridized carbons (Fsp3) is 0.308. The summed E-state index contributed by atoms with van der Waals surface area (Å²) in [4.78, 5) is 11.6. The first-order valence-corrected chi connectivity index (χ1v) is 5.24. The van der Waals surface area contributed by atoms with E-state index < -0.39 is 0 Å². The number of halogens is 1. The van der Waals surface area contributed by atoms with Crippen LogP contribution in [-0.2, 0) is 4.79 Å². The Hall–Kier alpha value is -1.64. The Labute approximate surface area is 95.2 Å². The molecule has 0 bridgehead atoms. The highest BCUT2D eigenvalue weighted by Gasteiger charge is 2.06. The molecule has 0 saturated carbocycles. The largest absolute Gasteiger partial charge is 0.350 e. The van der Waals surface area contributed by atoms with Gasteiger partial charge >= 0.3 is 0 Å². The number of hydrogen-bond donors (Lipinski definition) is 1. The molecular formula is C13H16FNO. The van der Waals surface area contributed by atoms with Gasteiger partial charge in [0.15, 0.2) is 0 Å². The highest BCUT2D eigenvalue weighted by Crippen LogP contribution is 2.11. The highest BCUT2D eigenvalue weighted by atomic mass is 19.1. The van der Waals surface area contributed by atoms with E-state index in [0.717, 1.165) is 0 Å². The van der Waals surface area contributed by atoms with Crippen LogP contribution in [0.25, 0.3) is 6.08 Å². The molecule has 0 aliphatic carbocycles. The average molecular weight is 221 g/mol. The summed E-state index contributed by atoms with van der Waals surface area (Å²) in [7, 11) is 0. The first-order chi connectivity index (χ1) is 7.50. The molecule has 0 aliphatic rings. The van der Waals surface area contributed by atoms with Crippen LogP contribution in [0.3, 0.4) is 0 Å². The number of benzene rings is 1. The Kier molecular flexibility index (Phi) is 4.23. The fourth-order valence-electron chi connectivity index (χ4n) is 1.27. The smallest absolute Gasteiger partial charge is 0.247 e. The summed E-state index contributed by atoms with van der Waals surface area (Å²) in [5.41, 5.74) is 0.928. The molecule has 1 rings (SSSR count). The van der Waals surface area contributed by atoms with E-state index in [1.807, 2.05) is 13.8 Å². The summed E-state index contributed by atoms with van der Waals surface area (Å²) in [6.07, 6.45) is 1.55. The van der Waals surface area contributed by atoms with Crippen LogP contribution in [-0.4, -0.2) is 11.9 Å². The zero-order valence-corrected chi connectivity index (χ0v) is 9.75. The van der Waals surface area contributed by atoms with E-state index in [4.69, 9.17) is 0 Å². The third-order valence-corrected chi connectivity index (χ3v) is 2.06. The van der Waals surface area contributed by atoms with Crippen LogP contribution in [0.2, 0.25) is 0 Å². The Morgan fingerprint density at radius 2 is 2.00 bits per heavy atom. The molecule has 2 nitrogen and oxygen atoms in total. The van der Waals surface area contributed by atoms with E-state index in [1.54, 1.807) is 31.2 Å². The second-order valence-electron chi connectivity index (χ2n) is 3.98. The topological polar surface area (TPSA) is 29.1 Å². The van der Waals surface area contributed by atoms with Crippen molar-refractivity contribution < 1.29 is 9.18 Å². The second kappa shape index (κ2) is 5.45. The van der Waals surface area contributed by atoms with Crippen molar-refractivity contribution in [2.75, 3.05) is 0 Å². The van der Waals surface area contributed by atoms with E-state index in [2.05, 4.69) is 5.32 Å². The molecule has 0 aliphatic heterocycles. The molecule has 0 spiro atoms. The Morgan fingerprint density at radius 3 is 2.56 bits per heavy atom. The molecule has 1 N–H and O–H groups in total. The van der Waals surface area contributed by atoms with Gasteiger partial charge in [-0.2, -0.15) is 0 Å². The average Bonchev–Trinajstić information content (AvgIpc) is 2.20. The molecule has 1 aromatic rings. The first kappa shape index (κ1) is 12.4. The summed E-state index contributed by atoms with van der Waals surface area (Å²) in [6, 6.07) is 6.45. The summed E-state index contributed by atoms with van der Waals surface area (Å²) < 4.78 is 13.3. The number of hydrogen-bond acceptors (Lipinski definition) is 1. The molecule has 0 radical (unpaired) electrons. The fourth-order valence-corrected chi connectivity index (χ4v) is 1.27. The van der Waals surface area contributed by atoms with Crippen molar-refractivity contribution in [3.8, 4) is 0 Å². The molecule has 1 amide bonds. The van der Waals surface area contributed by atoms with Gasteiger partial charge in [-0.3, -0.25) is 4.79 Å². The third-order valence-electron chi connectivity index (χ3n) is 2.06. The predicted molar refractivity (Wildman–Crippen MR) is 63.3 cm³/mol. The normalized spacial score (nSPS) is 11.7. The van der Waals surface area contributed by atoms with Gasteiger partial charge in [0.2, 0.25) is 5.91 Å². The van der Waals surface area contributed by atoms with Crippen molar-refractivity contribution >= 4 is 12.0 Å².